The number of aliphatic hydroxyl groups is 2. The highest BCUT2D eigenvalue weighted by Gasteiger charge is 2.48. The molecule has 9 heteroatoms. The average Bonchev–Trinajstić information content (AvgIpc) is 3.23. The summed E-state index contributed by atoms with van der Waals surface area (Å²) in [6, 6.07) is 21.0. The van der Waals surface area contributed by atoms with E-state index in [1.807, 2.05) is 30.3 Å². The van der Waals surface area contributed by atoms with Gasteiger partial charge in [-0.05, 0) is 48.0 Å². The Kier molecular flexibility index (Phi) is 8.98. The highest BCUT2D eigenvalue weighted by molar-refractivity contribution is 6.07. The summed E-state index contributed by atoms with van der Waals surface area (Å²) in [5, 5.41) is 26.5. The van der Waals surface area contributed by atoms with E-state index in [0.717, 1.165) is 5.56 Å². The van der Waals surface area contributed by atoms with Crippen molar-refractivity contribution in [3.8, 4) is 5.75 Å². The lowest BCUT2D eigenvalue weighted by molar-refractivity contribution is -0.137. The van der Waals surface area contributed by atoms with Gasteiger partial charge in [-0.15, -0.1) is 0 Å². The maximum Gasteiger partial charge on any atom is 0.261 e. The number of carbonyl (C=O) groups excluding carboxylic acids is 3. The van der Waals surface area contributed by atoms with Gasteiger partial charge in [0.1, 0.15) is 5.75 Å². The Labute approximate surface area is 233 Å². The monoisotopic (exact) mass is 543 g/mol. The summed E-state index contributed by atoms with van der Waals surface area (Å²) >= 11 is 0. The van der Waals surface area contributed by atoms with Crippen LogP contribution in [-0.2, 0) is 21.7 Å². The topological polar surface area (TPSA) is 128 Å². The Balaban J connectivity index is 1.45. The van der Waals surface area contributed by atoms with Gasteiger partial charge in [0.2, 0.25) is 5.91 Å². The molecule has 1 aliphatic rings. The number of nitrogens with one attached hydrogen (secondary N) is 2. The second kappa shape index (κ2) is 12.6. The fraction of sp³-hybridized carbons (Fsp3) is 0.258. The number of rotatable bonds is 11. The molecule has 0 bridgehead atoms. The van der Waals surface area contributed by atoms with E-state index in [0.29, 0.717) is 34.8 Å². The van der Waals surface area contributed by atoms with Crippen LogP contribution in [-0.4, -0.2) is 53.1 Å². The lowest BCUT2D eigenvalue weighted by Gasteiger charge is -2.26. The number of nitrogens with zero attached hydrogens (tertiary/aromatic N) is 1. The first-order valence-corrected chi connectivity index (χ1v) is 13.0. The first-order valence-electron chi connectivity index (χ1n) is 13.0. The van der Waals surface area contributed by atoms with Gasteiger partial charge in [-0.25, -0.2) is 0 Å². The van der Waals surface area contributed by atoms with Crippen molar-refractivity contribution in [3.63, 3.8) is 0 Å². The van der Waals surface area contributed by atoms with Crippen LogP contribution in [0.25, 0.3) is 0 Å². The molecule has 4 N–H and O–H groups in total. The van der Waals surface area contributed by atoms with Crippen molar-refractivity contribution in [2.24, 2.45) is 5.92 Å². The molecule has 0 unspecified atom stereocenters. The first kappa shape index (κ1) is 28.5. The van der Waals surface area contributed by atoms with Gasteiger partial charge >= 0.3 is 0 Å². The highest BCUT2D eigenvalue weighted by Crippen LogP contribution is 2.43. The summed E-state index contributed by atoms with van der Waals surface area (Å²) in [5.41, 5.74) is 0.674. The normalized spacial score (nSPS) is 16.8. The molecule has 40 heavy (non-hydrogen) atoms. The van der Waals surface area contributed by atoms with Gasteiger partial charge < -0.3 is 30.5 Å². The minimum absolute atomic E-state index is 0.0414. The molecule has 9 nitrogen and oxygen atoms in total. The van der Waals surface area contributed by atoms with Crippen LogP contribution in [0, 0.1) is 5.92 Å². The Morgan fingerprint density at radius 2 is 1.82 bits per heavy atom. The van der Waals surface area contributed by atoms with E-state index in [2.05, 4.69) is 10.6 Å². The van der Waals surface area contributed by atoms with Crippen LogP contribution < -0.4 is 15.4 Å². The summed E-state index contributed by atoms with van der Waals surface area (Å²) < 4.78 is 5.13. The molecule has 4 rings (SSSR count). The van der Waals surface area contributed by atoms with E-state index in [1.54, 1.807) is 73.6 Å². The Hall–Kier alpha value is -4.47. The minimum Gasteiger partial charge on any atom is -0.497 e. The lowest BCUT2D eigenvalue weighted by atomic mass is 9.82. The van der Waals surface area contributed by atoms with Gasteiger partial charge in [-0.3, -0.25) is 14.4 Å². The number of fused-ring (bicyclic) bond motifs is 1. The summed E-state index contributed by atoms with van der Waals surface area (Å²) in [4.78, 5) is 40.1. The van der Waals surface area contributed by atoms with Crippen molar-refractivity contribution >= 4 is 29.1 Å². The third-order valence-corrected chi connectivity index (χ3v) is 6.95. The molecule has 1 aliphatic heterocycles. The number of hydrogen-bond donors (Lipinski definition) is 4. The third-order valence-electron chi connectivity index (χ3n) is 6.95. The summed E-state index contributed by atoms with van der Waals surface area (Å²) in [7, 11) is 1.54. The number of ether oxygens (including phenoxy) is 1. The molecule has 0 aromatic heterocycles. The molecule has 0 saturated carbocycles. The smallest absolute Gasteiger partial charge is 0.261 e. The maximum atomic E-state index is 12.9. The van der Waals surface area contributed by atoms with E-state index in [9.17, 15) is 24.6 Å². The molecule has 0 aliphatic carbocycles. The Morgan fingerprint density at radius 1 is 1.10 bits per heavy atom. The van der Waals surface area contributed by atoms with Crippen molar-refractivity contribution in [1.82, 2.24) is 4.90 Å². The third kappa shape index (κ3) is 6.22. The molecule has 208 valence electrons. The van der Waals surface area contributed by atoms with Crippen LogP contribution >= 0.6 is 0 Å². The fourth-order valence-corrected chi connectivity index (χ4v) is 4.64. The Morgan fingerprint density at radius 3 is 2.50 bits per heavy atom. The average molecular weight is 544 g/mol. The van der Waals surface area contributed by atoms with Crippen molar-refractivity contribution in [1.29, 1.82) is 0 Å². The van der Waals surface area contributed by atoms with Crippen LogP contribution in [0.2, 0.25) is 0 Å². The largest absolute Gasteiger partial charge is 0.497 e. The van der Waals surface area contributed by atoms with Crippen molar-refractivity contribution in [2.75, 3.05) is 30.9 Å². The van der Waals surface area contributed by atoms with E-state index in [1.165, 1.54) is 0 Å². The molecule has 0 saturated heterocycles. The standard InChI is InChI=1S/C31H33N3O6/c1-21(7-6-10-28(36)34(17-18-35)20-22-8-4-3-5-9-22)31(39)26-19-24(13-16-27(26)33-30(31)38)32-29(37)23-11-14-25(40-2)15-12-23/h3-9,11-16,19,21,35,39H,10,17-18,20H2,1-2H3,(H,32,37)(H,33,38)/b7-6+/t21-,31+/m1/s1. The van der Waals surface area contributed by atoms with Gasteiger partial charge in [-0.1, -0.05) is 49.4 Å². The van der Waals surface area contributed by atoms with Crippen LogP contribution in [0.15, 0.2) is 84.9 Å². The van der Waals surface area contributed by atoms with Crippen LogP contribution in [0.1, 0.15) is 34.8 Å². The van der Waals surface area contributed by atoms with Crippen molar-refractivity contribution in [2.45, 2.75) is 25.5 Å². The summed E-state index contributed by atoms with van der Waals surface area (Å²) in [6.07, 6.45) is 3.30. The molecule has 3 amide bonds. The molecule has 3 aromatic carbocycles. The van der Waals surface area contributed by atoms with E-state index < -0.39 is 17.4 Å². The minimum atomic E-state index is -1.90. The number of benzene rings is 3. The van der Waals surface area contributed by atoms with Crippen molar-refractivity contribution in [3.05, 3.63) is 102 Å². The number of aliphatic hydroxyl groups excluding tert-OH is 1. The number of carbonyl (C=O) groups is 3. The van der Waals surface area contributed by atoms with Crippen LogP contribution in [0.5, 0.6) is 5.75 Å². The Bertz CT molecular complexity index is 1390. The fourth-order valence-electron chi connectivity index (χ4n) is 4.64. The second-order valence-electron chi connectivity index (χ2n) is 9.61. The van der Waals surface area contributed by atoms with E-state index in [4.69, 9.17) is 4.74 Å². The second-order valence-corrected chi connectivity index (χ2v) is 9.61. The molecule has 2 atom stereocenters. The number of hydrogen-bond acceptors (Lipinski definition) is 6. The molecule has 0 fully saturated rings. The number of anilines is 2. The van der Waals surface area contributed by atoms with E-state index in [-0.39, 0.29) is 31.4 Å². The number of amides is 3. The van der Waals surface area contributed by atoms with Gasteiger partial charge in [0, 0.05) is 47.9 Å². The quantitative estimate of drug-likeness (QED) is 0.273. The number of methoxy groups -OCH3 is 1. The highest BCUT2D eigenvalue weighted by atomic mass is 16.5. The van der Waals surface area contributed by atoms with Gasteiger partial charge in [0.05, 0.1) is 13.7 Å². The zero-order chi connectivity index (χ0) is 28.7. The molecular weight excluding hydrogens is 510 g/mol. The van der Waals surface area contributed by atoms with E-state index >= 15 is 0 Å². The van der Waals surface area contributed by atoms with Crippen LogP contribution in [0.4, 0.5) is 11.4 Å². The maximum absolute atomic E-state index is 12.9. The predicted octanol–water partition coefficient (Wildman–Crippen LogP) is 3.69. The molecular formula is C31H33N3O6. The SMILES string of the molecule is COc1ccc(C(=O)Nc2ccc3c(c2)[C@@](O)([C@H](C)/C=C/CC(=O)N(CCO)Cc2ccccc2)C(=O)N3)cc1. The predicted molar refractivity (Wildman–Crippen MR) is 152 cm³/mol. The zero-order valence-electron chi connectivity index (χ0n) is 22.5. The van der Waals surface area contributed by atoms with Gasteiger partial charge in [0.15, 0.2) is 5.60 Å². The van der Waals surface area contributed by atoms with Crippen LogP contribution in [0.3, 0.4) is 0 Å². The zero-order valence-corrected chi connectivity index (χ0v) is 22.5. The molecule has 3 aromatic rings. The van der Waals surface area contributed by atoms with Gasteiger partial charge in [-0.2, -0.15) is 0 Å². The molecule has 1 heterocycles. The first-order chi connectivity index (χ1) is 19.3. The summed E-state index contributed by atoms with van der Waals surface area (Å²) in [6.45, 7) is 2.09. The lowest BCUT2D eigenvalue weighted by Crippen LogP contribution is -2.39. The van der Waals surface area contributed by atoms with Crippen molar-refractivity contribution < 1.29 is 29.3 Å². The molecule has 0 radical (unpaired) electrons. The van der Waals surface area contributed by atoms with Gasteiger partial charge in [0.25, 0.3) is 11.8 Å². The summed E-state index contributed by atoms with van der Waals surface area (Å²) in [5.74, 6) is -1.18. The molecule has 0 spiro atoms.